The van der Waals surface area contributed by atoms with Crippen molar-refractivity contribution in [3.05, 3.63) is 74.5 Å². The van der Waals surface area contributed by atoms with Crippen molar-refractivity contribution < 1.29 is 0 Å². The van der Waals surface area contributed by atoms with Crippen molar-refractivity contribution in [3.63, 3.8) is 0 Å². The second kappa shape index (κ2) is 7.56. The Bertz CT molecular complexity index is 1220. The summed E-state index contributed by atoms with van der Waals surface area (Å²) in [6.45, 7) is 8.26. The molecule has 4 rings (SSSR count). The van der Waals surface area contributed by atoms with Gasteiger partial charge < -0.3 is 4.90 Å². The Morgan fingerprint density at radius 1 is 1.07 bits per heavy atom. The molecule has 142 valence electrons. The first-order chi connectivity index (χ1) is 13.6. The summed E-state index contributed by atoms with van der Waals surface area (Å²) in [5.41, 5.74) is 4.14. The van der Waals surface area contributed by atoms with Gasteiger partial charge in [0.25, 0.3) is 5.56 Å². The average molecular weight is 391 g/mol. The number of anilines is 1. The number of rotatable bonds is 5. The third kappa shape index (κ3) is 3.31. The normalized spacial score (nSPS) is 12.0. The summed E-state index contributed by atoms with van der Waals surface area (Å²) in [6, 6.07) is 16.3. The minimum atomic E-state index is -0.0747. The summed E-state index contributed by atoms with van der Waals surface area (Å²) in [7, 11) is 0. The number of nitrogens with zero attached hydrogens (tertiary/aromatic N) is 4. The van der Waals surface area contributed by atoms with E-state index >= 15 is 0 Å². The molecule has 6 heteroatoms. The summed E-state index contributed by atoms with van der Waals surface area (Å²) in [5.74, 6) is 0.594. The highest BCUT2D eigenvalue weighted by Gasteiger charge is 2.14. The van der Waals surface area contributed by atoms with Crippen LogP contribution in [0.15, 0.2) is 53.3 Å². The van der Waals surface area contributed by atoms with E-state index in [-0.39, 0.29) is 5.56 Å². The molecule has 0 spiro atoms. The molecule has 0 amide bonds. The molecule has 0 saturated carbocycles. The highest BCUT2D eigenvalue weighted by atomic mass is 32.1. The fraction of sp³-hybridized carbons (Fsp3) is 0.227. The van der Waals surface area contributed by atoms with Crippen LogP contribution in [0.25, 0.3) is 22.4 Å². The van der Waals surface area contributed by atoms with E-state index < -0.39 is 0 Å². The molecule has 0 unspecified atom stereocenters. The van der Waals surface area contributed by atoms with Gasteiger partial charge in [-0.3, -0.25) is 4.79 Å². The van der Waals surface area contributed by atoms with Crippen LogP contribution in [0.1, 0.15) is 25.0 Å². The maximum Gasteiger partial charge on any atom is 0.276 e. The monoisotopic (exact) mass is 390 g/mol. The van der Waals surface area contributed by atoms with Gasteiger partial charge >= 0.3 is 0 Å². The molecule has 0 bridgehead atoms. The molecule has 2 aromatic carbocycles. The maximum atomic E-state index is 13.0. The second-order valence-electron chi connectivity index (χ2n) is 6.69. The minimum Gasteiger partial charge on any atom is -0.372 e. The minimum absolute atomic E-state index is 0.0747. The van der Waals surface area contributed by atoms with Crippen molar-refractivity contribution in [2.75, 3.05) is 18.0 Å². The molecule has 0 aliphatic rings. The molecule has 5 nitrogen and oxygen atoms in total. The summed E-state index contributed by atoms with van der Waals surface area (Å²) < 4.78 is 2.27. The number of fused-ring (bicyclic) bond motifs is 1. The van der Waals surface area contributed by atoms with Crippen LogP contribution >= 0.6 is 11.3 Å². The Kier molecular flexibility index (Phi) is 4.96. The van der Waals surface area contributed by atoms with Crippen LogP contribution in [0.4, 0.5) is 5.69 Å². The lowest BCUT2D eigenvalue weighted by Crippen LogP contribution is -2.23. The molecular weight excluding hydrogens is 368 g/mol. The second-order valence-corrected chi connectivity index (χ2v) is 7.70. The SMILES string of the molecule is CCN(CC)c1ccc(C=c2sc3nnc(-c4cccc(C)c4)n3c2=O)cc1. The summed E-state index contributed by atoms with van der Waals surface area (Å²) >= 11 is 1.37. The van der Waals surface area contributed by atoms with E-state index in [0.29, 0.717) is 15.3 Å². The molecular formula is C22H22N4OS. The van der Waals surface area contributed by atoms with Crippen LogP contribution in [-0.4, -0.2) is 27.7 Å². The molecule has 0 aliphatic heterocycles. The molecule has 2 heterocycles. The zero-order valence-corrected chi connectivity index (χ0v) is 17.0. The zero-order valence-electron chi connectivity index (χ0n) is 16.2. The number of aromatic nitrogens is 3. The van der Waals surface area contributed by atoms with Gasteiger partial charge in [0.05, 0.1) is 4.53 Å². The molecule has 4 aromatic rings. The molecule has 0 aliphatic carbocycles. The maximum absolute atomic E-state index is 13.0. The molecule has 0 fully saturated rings. The van der Waals surface area contributed by atoms with Crippen LogP contribution in [0.2, 0.25) is 0 Å². The topological polar surface area (TPSA) is 50.5 Å². The number of benzene rings is 2. The highest BCUT2D eigenvalue weighted by Crippen LogP contribution is 2.19. The van der Waals surface area contributed by atoms with E-state index in [1.165, 1.54) is 17.0 Å². The van der Waals surface area contributed by atoms with Gasteiger partial charge in [-0.15, -0.1) is 10.2 Å². The largest absolute Gasteiger partial charge is 0.372 e. The Morgan fingerprint density at radius 2 is 1.82 bits per heavy atom. The van der Waals surface area contributed by atoms with E-state index in [9.17, 15) is 4.79 Å². The van der Waals surface area contributed by atoms with Gasteiger partial charge in [-0.2, -0.15) is 0 Å². The van der Waals surface area contributed by atoms with Gasteiger partial charge in [0, 0.05) is 24.3 Å². The fourth-order valence-electron chi connectivity index (χ4n) is 3.36. The zero-order chi connectivity index (χ0) is 19.7. The van der Waals surface area contributed by atoms with Crippen molar-refractivity contribution in [2.45, 2.75) is 20.8 Å². The molecule has 0 atom stereocenters. The van der Waals surface area contributed by atoms with Crippen molar-refractivity contribution in [3.8, 4) is 11.4 Å². The van der Waals surface area contributed by atoms with E-state index in [4.69, 9.17) is 0 Å². The Hall–Kier alpha value is -2.99. The number of thiazole rings is 1. The molecule has 0 N–H and O–H groups in total. The summed E-state index contributed by atoms with van der Waals surface area (Å²) in [5, 5.41) is 8.44. The average Bonchev–Trinajstić information content (AvgIpc) is 3.25. The Balaban J connectivity index is 1.76. The van der Waals surface area contributed by atoms with E-state index in [1.54, 1.807) is 4.40 Å². The number of hydrogen-bond acceptors (Lipinski definition) is 5. The summed E-state index contributed by atoms with van der Waals surface area (Å²) in [6.07, 6.45) is 1.92. The molecule has 2 aromatic heterocycles. The van der Waals surface area contributed by atoms with Gasteiger partial charge in [-0.1, -0.05) is 47.2 Å². The highest BCUT2D eigenvalue weighted by molar-refractivity contribution is 7.15. The summed E-state index contributed by atoms with van der Waals surface area (Å²) in [4.78, 5) is 15.9. The lowest BCUT2D eigenvalue weighted by atomic mass is 10.1. The molecule has 0 radical (unpaired) electrons. The standard InChI is InChI=1S/C22H22N4OS/c1-4-25(5-2)18-11-9-16(10-12-18)14-19-21(27)26-20(23-24-22(26)28-19)17-8-6-7-15(3)13-17/h6-14H,4-5H2,1-3H3. The first-order valence-corrected chi connectivity index (χ1v) is 10.2. The predicted molar refractivity (Wildman–Crippen MR) is 116 cm³/mol. The quantitative estimate of drug-likeness (QED) is 0.523. The lowest BCUT2D eigenvalue weighted by molar-refractivity contribution is 0.866. The van der Waals surface area contributed by atoms with Crippen molar-refractivity contribution in [1.29, 1.82) is 0 Å². The van der Waals surface area contributed by atoms with Crippen LogP contribution in [0.5, 0.6) is 0 Å². The van der Waals surface area contributed by atoms with E-state index in [2.05, 4.69) is 53.2 Å². The van der Waals surface area contributed by atoms with E-state index in [0.717, 1.165) is 29.8 Å². The number of hydrogen-bond donors (Lipinski definition) is 0. The molecule has 28 heavy (non-hydrogen) atoms. The Labute approximate surface area is 167 Å². The first kappa shape index (κ1) is 18.4. The van der Waals surface area contributed by atoms with Crippen LogP contribution in [0, 0.1) is 6.92 Å². The molecule has 0 saturated heterocycles. The van der Waals surface area contributed by atoms with Gasteiger partial charge in [0.1, 0.15) is 0 Å². The van der Waals surface area contributed by atoms with Crippen molar-refractivity contribution in [1.82, 2.24) is 14.6 Å². The number of aryl methyl sites for hydroxylation is 1. The lowest BCUT2D eigenvalue weighted by Gasteiger charge is -2.20. The Morgan fingerprint density at radius 3 is 2.50 bits per heavy atom. The first-order valence-electron chi connectivity index (χ1n) is 9.42. The van der Waals surface area contributed by atoms with Crippen molar-refractivity contribution >= 4 is 28.1 Å². The van der Waals surface area contributed by atoms with Gasteiger partial charge in [0.2, 0.25) is 4.96 Å². The smallest absolute Gasteiger partial charge is 0.276 e. The fourth-order valence-corrected chi connectivity index (χ4v) is 4.27. The van der Waals surface area contributed by atoms with E-state index in [1.807, 2.05) is 37.3 Å². The third-order valence-electron chi connectivity index (χ3n) is 4.84. The van der Waals surface area contributed by atoms with Gasteiger partial charge in [0.15, 0.2) is 5.82 Å². The van der Waals surface area contributed by atoms with Gasteiger partial charge in [-0.05, 0) is 50.6 Å². The van der Waals surface area contributed by atoms with Crippen LogP contribution in [0.3, 0.4) is 0 Å². The van der Waals surface area contributed by atoms with Gasteiger partial charge in [-0.25, -0.2) is 4.40 Å². The van der Waals surface area contributed by atoms with Crippen molar-refractivity contribution in [2.24, 2.45) is 0 Å². The van der Waals surface area contributed by atoms with Crippen LogP contribution < -0.4 is 15.0 Å². The predicted octanol–water partition coefficient (Wildman–Crippen LogP) is 3.52. The van der Waals surface area contributed by atoms with Crippen LogP contribution in [-0.2, 0) is 0 Å². The third-order valence-corrected chi connectivity index (χ3v) is 5.80.